The minimum atomic E-state index is -4.30. The van der Waals surface area contributed by atoms with Gasteiger partial charge in [-0.3, -0.25) is 0 Å². The Morgan fingerprint density at radius 3 is 2.45 bits per heavy atom. The molecule has 7 heteroatoms. The van der Waals surface area contributed by atoms with Gasteiger partial charge in [-0.15, -0.1) is 0 Å². The van der Waals surface area contributed by atoms with E-state index in [0.717, 1.165) is 52.1 Å². The largest absolute Gasteiger partial charge is 0.416 e. The van der Waals surface area contributed by atoms with E-state index in [2.05, 4.69) is 20.3 Å². The summed E-state index contributed by atoms with van der Waals surface area (Å²) in [4.78, 5) is 11.9. The third-order valence-corrected chi connectivity index (χ3v) is 4.76. The molecule has 2 N–H and O–H groups in total. The number of nitrogens with one attached hydrogen (secondary N) is 2. The highest BCUT2D eigenvalue weighted by molar-refractivity contribution is 5.79. The molecule has 0 radical (unpaired) electrons. The van der Waals surface area contributed by atoms with Crippen molar-refractivity contribution in [2.75, 3.05) is 11.9 Å². The number of rotatable bonds is 6. The van der Waals surface area contributed by atoms with E-state index >= 15 is 0 Å². The molecule has 0 atom stereocenters. The maximum Gasteiger partial charge on any atom is 0.416 e. The monoisotopic (exact) mass is 396 g/mol. The molecule has 0 bridgehead atoms. The van der Waals surface area contributed by atoms with Crippen LogP contribution in [0.3, 0.4) is 0 Å². The summed E-state index contributed by atoms with van der Waals surface area (Å²) in [6, 6.07) is 13.1. The number of pyridine rings is 2. The summed E-state index contributed by atoms with van der Waals surface area (Å²) in [6.45, 7) is 0.589. The second-order valence-corrected chi connectivity index (χ2v) is 6.81. The van der Waals surface area contributed by atoms with E-state index in [1.54, 1.807) is 6.20 Å². The second-order valence-electron chi connectivity index (χ2n) is 6.81. The predicted octanol–water partition coefficient (Wildman–Crippen LogP) is 5.22. The summed E-state index contributed by atoms with van der Waals surface area (Å²) in [5.74, 6) is 0.737. The van der Waals surface area contributed by atoms with Crippen molar-refractivity contribution in [3.05, 3.63) is 89.4 Å². The summed E-state index contributed by atoms with van der Waals surface area (Å²) < 4.78 is 37.8. The van der Waals surface area contributed by atoms with E-state index in [0.29, 0.717) is 13.0 Å². The van der Waals surface area contributed by atoms with Gasteiger partial charge in [-0.2, -0.15) is 13.2 Å². The van der Waals surface area contributed by atoms with Crippen molar-refractivity contribution in [2.45, 2.75) is 19.0 Å². The standard InChI is InChI=1S/C22H19F3N4/c23-22(24,25)18-6-3-15(4-7-18)9-11-26-20-8-5-16(13-28-20)12-17-14-29-21-19(17)2-1-10-27-21/h1-8,10,13-14H,9,11-12H2,(H,26,28)(H,27,29). The molecule has 3 heterocycles. The van der Waals surface area contributed by atoms with Crippen molar-refractivity contribution in [3.8, 4) is 0 Å². The molecule has 4 rings (SSSR count). The van der Waals surface area contributed by atoms with Crippen LogP contribution >= 0.6 is 0 Å². The number of halogens is 3. The Kier molecular flexibility index (Phi) is 5.20. The minimum absolute atomic E-state index is 0.589. The Morgan fingerprint density at radius 1 is 0.931 bits per heavy atom. The Labute approximate surface area is 165 Å². The zero-order valence-electron chi connectivity index (χ0n) is 15.5. The highest BCUT2D eigenvalue weighted by Gasteiger charge is 2.29. The molecule has 29 heavy (non-hydrogen) atoms. The molecule has 0 saturated carbocycles. The van der Waals surface area contributed by atoms with Gasteiger partial charge in [0, 0.05) is 36.9 Å². The molecule has 0 aliphatic rings. The first-order valence-corrected chi connectivity index (χ1v) is 9.25. The van der Waals surface area contributed by atoms with Gasteiger partial charge >= 0.3 is 6.18 Å². The second kappa shape index (κ2) is 7.95. The quantitative estimate of drug-likeness (QED) is 0.470. The topological polar surface area (TPSA) is 53.6 Å². The molecule has 0 aliphatic carbocycles. The molecular formula is C22H19F3N4. The first-order chi connectivity index (χ1) is 14.0. The number of hydrogen-bond donors (Lipinski definition) is 2. The first-order valence-electron chi connectivity index (χ1n) is 9.25. The number of aromatic amines is 1. The molecular weight excluding hydrogens is 377 g/mol. The summed E-state index contributed by atoms with van der Waals surface area (Å²) in [7, 11) is 0. The zero-order valence-corrected chi connectivity index (χ0v) is 15.5. The fourth-order valence-electron chi connectivity index (χ4n) is 3.21. The number of aromatic nitrogens is 3. The van der Waals surface area contributed by atoms with Crippen LogP contribution in [0.5, 0.6) is 0 Å². The number of hydrogen-bond acceptors (Lipinski definition) is 3. The van der Waals surface area contributed by atoms with Gasteiger partial charge in [-0.25, -0.2) is 9.97 Å². The average molecular weight is 396 g/mol. The summed E-state index contributed by atoms with van der Waals surface area (Å²) >= 11 is 0. The molecule has 4 aromatic rings. The number of H-pyrrole nitrogens is 1. The van der Waals surface area contributed by atoms with Gasteiger partial charge in [0.25, 0.3) is 0 Å². The van der Waals surface area contributed by atoms with E-state index in [-0.39, 0.29) is 0 Å². The van der Waals surface area contributed by atoms with Crippen LogP contribution in [0.25, 0.3) is 11.0 Å². The molecule has 148 valence electrons. The van der Waals surface area contributed by atoms with Crippen molar-refractivity contribution in [3.63, 3.8) is 0 Å². The number of alkyl halides is 3. The van der Waals surface area contributed by atoms with Crippen LogP contribution < -0.4 is 5.32 Å². The van der Waals surface area contributed by atoms with E-state index in [9.17, 15) is 13.2 Å². The van der Waals surface area contributed by atoms with Crippen molar-refractivity contribution in [1.29, 1.82) is 0 Å². The highest BCUT2D eigenvalue weighted by Crippen LogP contribution is 2.29. The maximum atomic E-state index is 12.6. The Morgan fingerprint density at radius 2 is 1.72 bits per heavy atom. The smallest absolute Gasteiger partial charge is 0.370 e. The Balaban J connectivity index is 1.31. The maximum absolute atomic E-state index is 12.6. The van der Waals surface area contributed by atoms with E-state index < -0.39 is 11.7 Å². The third kappa shape index (κ3) is 4.56. The lowest BCUT2D eigenvalue weighted by Gasteiger charge is -2.09. The van der Waals surface area contributed by atoms with Crippen LogP contribution in [-0.4, -0.2) is 21.5 Å². The lowest BCUT2D eigenvalue weighted by atomic mass is 10.1. The Bertz CT molecular complexity index is 1080. The Hall–Kier alpha value is -3.35. The van der Waals surface area contributed by atoms with E-state index in [4.69, 9.17) is 0 Å². The average Bonchev–Trinajstić information content (AvgIpc) is 3.12. The van der Waals surface area contributed by atoms with E-state index in [1.165, 1.54) is 12.1 Å². The zero-order chi connectivity index (χ0) is 20.3. The van der Waals surface area contributed by atoms with Crippen molar-refractivity contribution < 1.29 is 13.2 Å². The van der Waals surface area contributed by atoms with Gasteiger partial charge in [0.2, 0.25) is 0 Å². The fourth-order valence-corrected chi connectivity index (χ4v) is 3.21. The van der Waals surface area contributed by atoms with Gasteiger partial charge in [0.05, 0.1) is 5.56 Å². The molecule has 4 nitrogen and oxygen atoms in total. The van der Waals surface area contributed by atoms with Crippen molar-refractivity contribution in [2.24, 2.45) is 0 Å². The third-order valence-electron chi connectivity index (χ3n) is 4.76. The van der Waals surface area contributed by atoms with Crippen LogP contribution in [0.2, 0.25) is 0 Å². The summed E-state index contributed by atoms with van der Waals surface area (Å²) in [6.07, 6.45) is 2.62. The molecule has 0 fully saturated rings. The van der Waals surface area contributed by atoms with Gasteiger partial charge in [-0.1, -0.05) is 18.2 Å². The molecule has 0 spiro atoms. The lowest BCUT2D eigenvalue weighted by molar-refractivity contribution is -0.137. The molecule has 0 amide bonds. The minimum Gasteiger partial charge on any atom is -0.370 e. The number of benzene rings is 1. The molecule has 0 saturated heterocycles. The van der Waals surface area contributed by atoms with Gasteiger partial charge < -0.3 is 10.3 Å². The number of anilines is 1. The first kappa shape index (κ1) is 19.0. The summed E-state index contributed by atoms with van der Waals surface area (Å²) in [5, 5.41) is 4.31. The number of nitrogens with zero attached hydrogens (tertiary/aromatic N) is 2. The van der Waals surface area contributed by atoms with Crippen LogP contribution in [0.1, 0.15) is 22.3 Å². The molecule has 3 aromatic heterocycles. The van der Waals surface area contributed by atoms with Crippen molar-refractivity contribution in [1.82, 2.24) is 15.0 Å². The lowest BCUT2D eigenvalue weighted by Crippen LogP contribution is -2.08. The van der Waals surface area contributed by atoms with Crippen molar-refractivity contribution >= 4 is 16.9 Å². The summed E-state index contributed by atoms with van der Waals surface area (Å²) in [5.41, 5.74) is 3.34. The van der Waals surface area contributed by atoms with Crippen LogP contribution in [0.4, 0.5) is 19.0 Å². The normalized spacial score (nSPS) is 11.7. The molecule has 0 aliphatic heterocycles. The number of fused-ring (bicyclic) bond motifs is 1. The SMILES string of the molecule is FC(F)(F)c1ccc(CCNc2ccc(Cc3c[nH]c4ncccc34)cn2)cc1. The molecule has 1 aromatic carbocycles. The van der Waals surface area contributed by atoms with Crippen LogP contribution in [0.15, 0.2) is 67.1 Å². The molecule has 0 unspecified atom stereocenters. The van der Waals surface area contributed by atoms with Gasteiger partial charge in [0.1, 0.15) is 11.5 Å². The van der Waals surface area contributed by atoms with Crippen LogP contribution in [-0.2, 0) is 19.0 Å². The van der Waals surface area contributed by atoms with Gasteiger partial charge in [-0.05, 0) is 53.4 Å². The fraction of sp³-hybridized carbons (Fsp3) is 0.182. The predicted molar refractivity (Wildman–Crippen MR) is 107 cm³/mol. The van der Waals surface area contributed by atoms with Gasteiger partial charge in [0.15, 0.2) is 0 Å². The van der Waals surface area contributed by atoms with Crippen LogP contribution in [0, 0.1) is 0 Å². The van der Waals surface area contributed by atoms with E-state index in [1.807, 2.05) is 36.7 Å². The highest BCUT2D eigenvalue weighted by atomic mass is 19.4.